The summed E-state index contributed by atoms with van der Waals surface area (Å²) >= 11 is 0.852. The smallest absolute Gasteiger partial charge is 0.202 e. The summed E-state index contributed by atoms with van der Waals surface area (Å²) in [6, 6.07) is 3.98. The lowest BCUT2D eigenvalue weighted by molar-refractivity contribution is 0.320. The van der Waals surface area contributed by atoms with Crippen LogP contribution >= 0.6 is 11.8 Å². The standard InChI is InChI=1S/C7H8N2O3S/c8-7(9-12)13-6-3-4(10)1-2-5(6)11/h1-3,10-12H,(H2,8,9). The molecule has 0 fully saturated rings. The van der Waals surface area contributed by atoms with Crippen molar-refractivity contribution < 1.29 is 15.4 Å². The van der Waals surface area contributed by atoms with Gasteiger partial charge in [0.1, 0.15) is 11.5 Å². The normalized spacial score (nSPS) is 11.5. The lowest BCUT2D eigenvalue weighted by atomic mass is 10.3. The van der Waals surface area contributed by atoms with Gasteiger partial charge in [0.15, 0.2) is 0 Å². The van der Waals surface area contributed by atoms with Crippen LogP contribution in [0.25, 0.3) is 0 Å². The lowest BCUT2D eigenvalue weighted by Gasteiger charge is -2.02. The zero-order chi connectivity index (χ0) is 9.84. The molecule has 1 rings (SSSR count). The number of rotatable bonds is 1. The van der Waals surface area contributed by atoms with E-state index in [0.717, 1.165) is 11.8 Å². The number of hydrogen-bond donors (Lipinski definition) is 4. The summed E-state index contributed by atoms with van der Waals surface area (Å²) in [5.41, 5.74) is 5.19. The van der Waals surface area contributed by atoms with Gasteiger partial charge in [0, 0.05) is 0 Å². The molecular weight excluding hydrogens is 192 g/mol. The Morgan fingerprint density at radius 2 is 2.08 bits per heavy atom. The van der Waals surface area contributed by atoms with Crippen molar-refractivity contribution in [3.05, 3.63) is 18.2 Å². The number of oxime groups is 1. The van der Waals surface area contributed by atoms with Gasteiger partial charge in [-0.25, -0.2) is 0 Å². The van der Waals surface area contributed by atoms with Crippen molar-refractivity contribution in [2.75, 3.05) is 0 Å². The Morgan fingerprint density at radius 3 is 2.69 bits per heavy atom. The average molecular weight is 200 g/mol. The fourth-order valence-corrected chi connectivity index (χ4v) is 1.34. The van der Waals surface area contributed by atoms with Crippen LogP contribution < -0.4 is 5.73 Å². The molecule has 0 atom stereocenters. The van der Waals surface area contributed by atoms with Crippen LogP contribution in [0.3, 0.4) is 0 Å². The Morgan fingerprint density at radius 1 is 1.38 bits per heavy atom. The topological polar surface area (TPSA) is 99.1 Å². The summed E-state index contributed by atoms with van der Waals surface area (Å²) in [7, 11) is 0. The van der Waals surface area contributed by atoms with E-state index in [2.05, 4.69) is 5.16 Å². The van der Waals surface area contributed by atoms with Gasteiger partial charge in [-0.15, -0.1) is 0 Å². The highest BCUT2D eigenvalue weighted by atomic mass is 32.2. The monoisotopic (exact) mass is 200 g/mol. The van der Waals surface area contributed by atoms with Crippen molar-refractivity contribution in [2.24, 2.45) is 10.9 Å². The Hall–Kier alpha value is -1.56. The predicted molar refractivity (Wildman–Crippen MR) is 49.0 cm³/mol. The minimum atomic E-state index is -0.110. The first-order valence-corrected chi connectivity index (χ1v) is 4.12. The van der Waals surface area contributed by atoms with E-state index >= 15 is 0 Å². The zero-order valence-corrected chi connectivity index (χ0v) is 7.32. The van der Waals surface area contributed by atoms with E-state index in [4.69, 9.17) is 16.0 Å². The number of aromatic hydroxyl groups is 2. The summed E-state index contributed by atoms with van der Waals surface area (Å²) < 4.78 is 0. The molecular formula is C7H8N2O3S. The molecule has 0 spiro atoms. The molecule has 0 bridgehead atoms. The van der Waals surface area contributed by atoms with Gasteiger partial charge in [0.05, 0.1) is 4.90 Å². The Balaban J connectivity index is 2.94. The maximum atomic E-state index is 9.26. The largest absolute Gasteiger partial charge is 0.508 e. The lowest BCUT2D eigenvalue weighted by Crippen LogP contribution is -2.05. The number of nitrogens with two attached hydrogens (primary N) is 1. The van der Waals surface area contributed by atoms with Gasteiger partial charge in [-0.2, -0.15) is 0 Å². The number of phenols is 2. The van der Waals surface area contributed by atoms with E-state index in [0.29, 0.717) is 4.90 Å². The molecule has 0 aliphatic carbocycles. The van der Waals surface area contributed by atoms with Gasteiger partial charge in [-0.3, -0.25) is 0 Å². The van der Waals surface area contributed by atoms with E-state index in [1.54, 1.807) is 0 Å². The van der Waals surface area contributed by atoms with Crippen LogP contribution in [0.5, 0.6) is 11.5 Å². The van der Waals surface area contributed by atoms with Crippen LogP contribution in [0.4, 0.5) is 0 Å². The third kappa shape index (κ3) is 2.45. The Labute approximate surface area is 78.5 Å². The molecule has 0 unspecified atom stereocenters. The summed E-state index contributed by atoms with van der Waals surface area (Å²) in [4.78, 5) is 0.329. The summed E-state index contributed by atoms with van der Waals surface area (Å²) in [6.45, 7) is 0. The molecule has 6 heteroatoms. The van der Waals surface area contributed by atoms with Crippen LogP contribution in [0.15, 0.2) is 28.3 Å². The molecule has 5 N–H and O–H groups in total. The van der Waals surface area contributed by atoms with E-state index in [1.807, 2.05) is 0 Å². The second-order valence-corrected chi connectivity index (χ2v) is 3.25. The molecule has 0 saturated heterocycles. The third-order valence-electron chi connectivity index (χ3n) is 1.26. The van der Waals surface area contributed by atoms with E-state index in [9.17, 15) is 5.11 Å². The molecule has 0 radical (unpaired) electrons. The molecule has 5 nitrogen and oxygen atoms in total. The predicted octanol–water partition coefficient (Wildman–Crippen LogP) is 0.894. The second-order valence-electron chi connectivity index (χ2n) is 2.19. The van der Waals surface area contributed by atoms with E-state index < -0.39 is 0 Å². The van der Waals surface area contributed by atoms with E-state index in [-0.39, 0.29) is 16.7 Å². The fraction of sp³-hybridized carbons (Fsp3) is 0. The number of phenolic OH excluding ortho intramolecular Hbond substituents is 2. The molecule has 0 amide bonds. The highest BCUT2D eigenvalue weighted by Crippen LogP contribution is 2.31. The molecule has 0 aliphatic heterocycles. The number of amidine groups is 1. The summed E-state index contributed by atoms with van der Waals surface area (Å²) in [5, 5.41) is 29.2. The molecule has 13 heavy (non-hydrogen) atoms. The number of hydrogen-bond acceptors (Lipinski definition) is 5. The van der Waals surface area contributed by atoms with Crippen molar-refractivity contribution >= 4 is 16.9 Å². The van der Waals surface area contributed by atoms with Gasteiger partial charge in [-0.05, 0) is 30.0 Å². The molecule has 1 aromatic carbocycles. The molecule has 0 heterocycles. The second kappa shape index (κ2) is 3.90. The maximum absolute atomic E-state index is 9.26. The SMILES string of the molecule is NC(=NO)Sc1cc(O)ccc1O. The first-order chi connectivity index (χ1) is 6.13. The van der Waals surface area contributed by atoms with Crippen molar-refractivity contribution in [3.8, 4) is 11.5 Å². The number of benzene rings is 1. The van der Waals surface area contributed by atoms with Gasteiger partial charge in [0.25, 0.3) is 0 Å². The van der Waals surface area contributed by atoms with Crippen molar-refractivity contribution in [2.45, 2.75) is 4.90 Å². The van der Waals surface area contributed by atoms with Crippen LogP contribution in [0, 0.1) is 0 Å². The first kappa shape index (κ1) is 9.53. The Kier molecular flexibility index (Phi) is 2.86. The van der Waals surface area contributed by atoms with Crippen molar-refractivity contribution in [3.63, 3.8) is 0 Å². The van der Waals surface area contributed by atoms with Gasteiger partial charge in [-0.1, -0.05) is 5.16 Å². The van der Waals surface area contributed by atoms with Gasteiger partial charge in [0.2, 0.25) is 5.17 Å². The van der Waals surface area contributed by atoms with Crippen LogP contribution in [-0.2, 0) is 0 Å². The third-order valence-corrected chi connectivity index (χ3v) is 2.09. The molecule has 0 aliphatic rings. The first-order valence-electron chi connectivity index (χ1n) is 3.31. The van der Waals surface area contributed by atoms with Crippen molar-refractivity contribution in [1.82, 2.24) is 0 Å². The molecule has 1 aromatic rings. The quantitative estimate of drug-likeness (QED) is 0.135. The number of thioether (sulfide) groups is 1. The zero-order valence-electron chi connectivity index (χ0n) is 6.51. The number of nitrogens with zero attached hydrogens (tertiary/aromatic N) is 1. The molecule has 0 aromatic heterocycles. The maximum Gasteiger partial charge on any atom is 0.202 e. The fourth-order valence-electron chi connectivity index (χ4n) is 0.718. The van der Waals surface area contributed by atoms with Gasteiger partial charge < -0.3 is 21.2 Å². The minimum Gasteiger partial charge on any atom is -0.508 e. The highest BCUT2D eigenvalue weighted by Gasteiger charge is 2.05. The minimum absolute atomic E-state index is 0.00559. The van der Waals surface area contributed by atoms with Crippen molar-refractivity contribution in [1.29, 1.82) is 0 Å². The molecule has 0 saturated carbocycles. The van der Waals surface area contributed by atoms with Gasteiger partial charge >= 0.3 is 0 Å². The van der Waals surface area contributed by atoms with Crippen LogP contribution in [0.1, 0.15) is 0 Å². The van der Waals surface area contributed by atoms with Crippen LogP contribution in [0.2, 0.25) is 0 Å². The van der Waals surface area contributed by atoms with Crippen LogP contribution in [-0.4, -0.2) is 20.6 Å². The van der Waals surface area contributed by atoms with E-state index in [1.165, 1.54) is 18.2 Å². The average Bonchev–Trinajstić information content (AvgIpc) is 2.11. The summed E-state index contributed by atoms with van der Waals surface area (Å²) in [6.07, 6.45) is 0. The molecule has 70 valence electrons. The highest BCUT2D eigenvalue weighted by molar-refractivity contribution is 8.13. The summed E-state index contributed by atoms with van der Waals surface area (Å²) in [5.74, 6) is -0.0274. The Bertz CT molecular complexity index is 341.